The van der Waals surface area contributed by atoms with Crippen LogP contribution < -0.4 is 5.32 Å². The Hall–Kier alpha value is -1.82. The highest BCUT2D eigenvalue weighted by molar-refractivity contribution is 9.10. The fourth-order valence-corrected chi connectivity index (χ4v) is 1.90. The molecular formula is C13H13BrN4O. The molecule has 0 unspecified atom stereocenters. The fraction of sp³-hybridized carbons (Fsp3) is 0.231. The van der Waals surface area contributed by atoms with E-state index in [1.807, 2.05) is 13.8 Å². The SMILES string of the molecule is CC(C)Nc1ncc(Br)nc1-c1ncccc1C=O. The van der Waals surface area contributed by atoms with Gasteiger partial charge in [0.05, 0.1) is 6.20 Å². The van der Waals surface area contributed by atoms with Gasteiger partial charge in [-0.1, -0.05) is 0 Å². The highest BCUT2D eigenvalue weighted by Gasteiger charge is 2.14. The summed E-state index contributed by atoms with van der Waals surface area (Å²) in [4.78, 5) is 24.0. The molecule has 98 valence electrons. The summed E-state index contributed by atoms with van der Waals surface area (Å²) in [5.41, 5.74) is 1.57. The van der Waals surface area contributed by atoms with Crippen molar-refractivity contribution in [1.82, 2.24) is 15.0 Å². The number of carbonyl (C=O) groups excluding carboxylic acids is 1. The van der Waals surface area contributed by atoms with Crippen LogP contribution in [-0.2, 0) is 0 Å². The molecule has 0 spiro atoms. The number of anilines is 1. The number of hydrogen-bond acceptors (Lipinski definition) is 5. The Kier molecular flexibility index (Phi) is 4.21. The zero-order valence-electron chi connectivity index (χ0n) is 10.6. The molecule has 19 heavy (non-hydrogen) atoms. The lowest BCUT2D eigenvalue weighted by molar-refractivity contribution is 0.112. The van der Waals surface area contributed by atoms with Gasteiger partial charge in [-0.25, -0.2) is 9.97 Å². The molecule has 1 N–H and O–H groups in total. The van der Waals surface area contributed by atoms with E-state index in [0.717, 1.165) is 6.29 Å². The summed E-state index contributed by atoms with van der Waals surface area (Å²) in [6.45, 7) is 4.01. The summed E-state index contributed by atoms with van der Waals surface area (Å²) in [5, 5.41) is 3.20. The molecule has 0 amide bonds. The van der Waals surface area contributed by atoms with Crippen molar-refractivity contribution in [2.45, 2.75) is 19.9 Å². The van der Waals surface area contributed by atoms with Gasteiger partial charge in [-0.15, -0.1) is 0 Å². The minimum atomic E-state index is 0.206. The van der Waals surface area contributed by atoms with Gasteiger partial charge in [0, 0.05) is 17.8 Å². The van der Waals surface area contributed by atoms with Crippen LogP contribution in [0.4, 0.5) is 5.82 Å². The second-order valence-corrected chi connectivity index (χ2v) is 5.06. The topological polar surface area (TPSA) is 67.8 Å². The molecule has 2 heterocycles. The van der Waals surface area contributed by atoms with Crippen LogP contribution in [0.5, 0.6) is 0 Å². The summed E-state index contributed by atoms with van der Waals surface area (Å²) in [6, 6.07) is 3.63. The molecule has 2 aromatic heterocycles. The summed E-state index contributed by atoms with van der Waals surface area (Å²) in [5.74, 6) is 0.611. The number of aldehydes is 1. The molecule has 0 fully saturated rings. The number of halogens is 1. The average molecular weight is 321 g/mol. The molecule has 5 nitrogen and oxygen atoms in total. The molecular weight excluding hydrogens is 308 g/mol. The first-order valence-corrected chi connectivity index (χ1v) is 6.60. The first-order valence-electron chi connectivity index (χ1n) is 5.81. The Morgan fingerprint density at radius 2 is 2.11 bits per heavy atom. The van der Waals surface area contributed by atoms with E-state index in [0.29, 0.717) is 27.4 Å². The zero-order chi connectivity index (χ0) is 13.8. The predicted molar refractivity (Wildman–Crippen MR) is 77.1 cm³/mol. The molecule has 0 atom stereocenters. The van der Waals surface area contributed by atoms with Gasteiger partial charge in [-0.05, 0) is 41.9 Å². The normalized spacial score (nSPS) is 10.5. The molecule has 0 aliphatic heterocycles. The standard InChI is InChI=1S/C13H13BrN4O/c1-8(2)17-13-12(18-10(14)6-16-13)11-9(7-19)4-3-5-15-11/h3-8H,1-2H3,(H,16,17). The quantitative estimate of drug-likeness (QED) is 0.877. The third-order valence-electron chi connectivity index (χ3n) is 2.36. The van der Waals surface area contributed by atoms with Gasteiger partial charge in [0.25, 0.3) is 0 Å². The molecule has 6 heteroatoms. The maximum atomic E-state index is 11.1. The van der Waals surface area contributed by atoms with Crippen LogP contribution in [0.2, 0.25) is 0 Å². The summed E-state index contributed by atoms with van der Waals surface area (Å²) in [6.07, 6.45) is 4.01. The van der Waals surface area contributed by atoms with Crippen LogP contribution in [0.15, 0.2) is 29.1 Å². The molecule has 0 radical (unpaired) electrons. The lowest BCUT2D eigenvalue weighted by Crippen LogP contribution is -2.13. The van der Waals surface area contributed by atoms with Gasteiger partial charge in [0.2, 0.25) is 0 Å². The maximum Gasteiger partial charge on any atom is 0.154 e. The second-order valence-electron chi connectivity index (χ2n) is 4.25. The van der Waals surface area contributed by atoms with Crippen LogP contribution in [0.3, 0.4) is 0 Å². The summed E-state index contributed by atoms with van der Waals surface area (Å²) >= 11 is 3.29. The van der Waals surface area contributed by atoms with Gasteiger partial charge in [0.1, 0.15) is 16.0 Å². The van der Waals surface area contributed by atoms with E-state index < -0.39 is 0 Å². The van der Waals surface area contributed by atoms with Gasteiger partial charge < -0.3 is 5.32 Å². The number of rotatable bonds is 4. The van der Waals surface area contributed by atoms with E-state index in [-0.39, 0.29) is 6.04 Å². The van der Waals surface area contributed by atoms with Crippen LogP contribution >= 0.6 is 15.9 Å². The number of nitrogens with one attached hydrogen (secondary N) is 1. The first kappa shape index (κ1) is 13.6. The average Bonchev–Trinajstić information content (AvgIpc) is 2.40. The third-order valence-corrected chi connectivity index (χ3v) is 2.74. The number of aromatic nitrogens is 3. The lowest BCUT2D eigenvalue weighted by atomic mass is 10.1. The monoisotopic (exact) mass is 320 g/mol. The molecule has 0 saturated carbocycles. The molecule has 2 rings (SSSR count). The summed E-state index contributed by atoms with van der Waals surface area (Å²) in [7, 11) is 0. The maximum absolute atomic E-state index is 11.1. The van der Waals surface area contributed by atoms with Crippen molar-refractivity contribution in [3.05, 3.63) is 34.7 Å². The van der Waals surface area contributed by atoms with E-state index in [9.17, 15) is 4.79 Å². The van der Waals surface area contributed by atoms with Crippen molar-refractivity contribution >= 4 is 28.0 Å². The Labute approximate surface area is 119 Å². The molecule has 0 aliphatic carbocycles. The molecule has 0 aromatic carbocycles. The molecule has 2 aromatic rings. The fourth-order valence-electron chi connectivity index (χ4n) is 1.62. The number of pyridine rings is 1. The van der Waals surface area contributed by atoms with Crippen molar-refractivity contribution in [2.24, 2.45) is 0 Å². The van der Waals surface area contributed by atoms with E-state index in [1.165, 1.54) is 0 Å². The Bertz CT molecular complexity index is 601. The van der Waals surface area contributed by atoms with Crippen molar-refractivity contribution < 1.29 is 4.79 Å². The van der Waals surface area contributed by atoms with E-state index >= 15 is 0 Å². The number of carbonyl (C=O) groups is 1. The van der Waals surface area contributed by atoms with E-state index in [4.69, 9.17) is 0 Å². The number of nitrogens with zero attached hydrogens (tertiary/aromatic N) is 3. The van der Waals surface area contributed by atoms with Gasteiger partial charge in [0.15, 0.2) is 12.1 Å². The first-order chi connectivity index (χ1) is 9.11. The van der Waals surface area contributed by atoms with Gasteiger partial charge in [-0.2, -0.15) is 0 Å². The second kappa shape index (κ2) is 5.88. The van der Waals surface area contributed by atoms with E-state index in [1.54, 1.807) is 24.5 Å². The predicted octanol–water partition coefficient (Wildman–Crippen LogP) is 2.93. The Morgan fingerprint density at radius 3 is 2.79 bits per heavy atom. The highest BCUT2D eigenvalue weighted by atomic mass is 79.9. The van der Waals surface area contributed by atoms with Crippen molar-refractivity contribution in [3.63, 3.8) is 0 Å². The van der Waals surface area contributed by atoms with E-state index in [2.05, 4.69) is 36.2 Å². The van der Waals surface area contributed by atoms with Crippen molar-refractivity contribution in [2.75, 3.05) is 5.32 Å². The van der Waals surface area contributed by atoms with Crippen LogP contribution in [0, 0.1) is 0 Å². The minimum absolute atomic E-state index is 0.206. The molecule has 0 aliphatic rings. The Morgan fingerprint density at radius 1 is 1.32 bits per heavy atom. The zero-order valence-corrected chi connectivity index (χ0v) is 12.2. The van der Waals surface area contributed by atoms with Crippen molar-refractivity contribution in [1.29, 1.82) is 0 Å². The van der Waals surface area contributed by atoms with Crippen LogP contribution in [0.1, 0.15) is 24.2 Å². The van der Waals surface area contributed by atoms with Gasteiger partial charge in [-0.3, -0.25) is 9.78 Å². The molecule has 0 saturated heterocycles. The lowest BCUT2D eigenvalue weighted by Gasteiger charge is -2.13. The van der Waals surface area contributed by atoms with Crippen LogP contribution in [-0.4, -0.2) is 27.3 Å². The number of hydrogen-bond donors (Lipinski definition) is 1. The largest absolute Gasteiger partial charge is 0.366 e. The molecule has 0 bridgehead atoms. The van der Waals surface area contributed by atoms with Crippen LogP contribution in [0.25, 0.3) is 11.4 Å². The third kappa shape index (κ3) is 3.14. The Balaban J connectivity index is 2.59. The minimum Gasteiger partial charge on any atom is -0.366 e. The smallest absolute Gasteiger partial charge is 0.154 e. The summed E-state index contributed by atoms with van der Waals surface area (Å²) < 4.78 is 0.597. The van der Waals surface area contributed by atoms with Gasteiger partial charge >= 0.3 is 0 Å². The van der Waals surface area contributed by atoms with Crippen molar-refractivity contribution in [3.8, 4) is 11.4 Å². The highest BCUT2D eigenvalue weighted by Crippen LogP contribution is 2.26.